The third-order valence-corrected chi connectivity index (χ3v) is 11.6. The highest BCUT2D eigenvalue weighted by atomic mass is 35.5. The molecule has 1 N–H and O–H groups in total. The van der Waals surface area contributed by atoms with Gasteiger partial charge in [-0.05, 0) is 91.3 Å². The number of ether oxygens (including phenoxy) is 2. The largest absolute Gasteiger partial charge is 0.598 e. The summed E-state index contributed by atoms with van der Waals surface area (Å²) in [7, 11) is -3.62. The van der Waals surface area contributed by atoms with Crippen molar-refractivity contribution in [2.24, 2.45) is 5.92 Å². The normalized spacial score (nSPS) is 21.0. The number of rotatable bonds is 9. The molecule has 9 nitrogen and oxygen atoms in total. The number of benzene rings is 1. The van der Waals surface area contributed by atoms with Gasteiger partial charge in [0.25, 0.3) is 0 Å². The molecule has 0 radical (unpaired) electrons. The summed E-state index contributed by atoms with van der Waals surface area (Å²) >= 11 is 5.16. The molecule has 2 aliphatic rings. The van der Waals surface area contributed by atoms with Crippen molar-refractivity contribution in [2.45, 2.75) is 89.4 Å². The molecule has 2 saturated heterocycles. The maximum Gasteiger partial charge on any atom is 0.410 e. The van der Waals surface area contributed by atoms with Crippen molar-refractivity contribution in [1.29, 1.82) is 0 Å². The lowest BCUT2D eigenvalue weighted by molar-refractivity contribution is 0.0295. The van der Waals surface area contributed by atoms with Gasteiger partial charge in [0.1, 0.15) is 22.7 Å². The number of nitrogens with one attached hydrogen (secondary N) is 1. The number of piperidine rings is 1. The average Bonchev–Trinajstić information content (AvgIpc) is 3.38. The Kier molecular flexibility index (Phi) is 11.1. The van der Waals surface area contributed by atoms with Gasteiger partial charge in [0.2, 0.25) is 10.0 Å². The number of likely N-dealkylation sites (tertiary alicyclic amines) is 1. The minimum Gasteiger partial charge on any atom is -0.598 e. The molecule has 12 heteroatoms. The van der Waals surface area contributed by atoms with E-state index in [-0.39, 0.29) is 18.5 Å². The summed E-state index contributed by atoms with van der Waals surface area (Å²) in [6.07, 6.45) is 2.68. The van der Waals surface area contributed by atoms with E-state index in [0.29, 0.717) is 56.3 Å². The van der Waals surface area contributed by atoms with Crippen LogP contribution in [-0.4, -0.2) is 76.7 Å². The van der Waals surface area contributed by atoms with Gasteiger partial charge in [-0.3, -0.25) is 0 Å². The summed E-state index contributed by atoms with van der Waals surface area (Å²) in [6.45, 7) is 18.2. The van der Waals surface area contributed by atoms with E-state index in [0.717, 1.165) is 11.1 Å². The van der Waals surface area contributed by atoms with Gasteiger partial charge in [-0.1, -0.05) is 24.3 Å². The maximum atomic E-state index is 13.6. The number of aryl methyl sites for hydroxylation is 1. The number of carbonyl (C=O) groups excluding carboxylic acids is 1. The molecule has 0 spiro atoms. The van der Waals surface area contributed by atoms with Crippen LogP contribution in [0.25, 0.3) is 0 Å². The van der Waals surface area contributed by atoms with Crippen molar-refractivity contribution < 1.29 is 27.2 Å². The summed E-state index contributed by atoms with van der Waals surface area (Å²) in [6, 6.07) is 3.37. The Bertz CT molecular complexity index is 1190. The molecule has 1 aromatic carbocycles. The number of sulfonamides is 1. The molecule has 41 heavy (non-hydrogen) atoms. The second-order valence-corrected chi connectivity index (χ2v) is 17.5. The molecule has 2 aliphatic heterocycles. The van der Waals surface area contributed by atoms with Gasteiger partial charge in [0, 0.05) is 48.1 Å². The number of nitrogens with zero attached hydrogens (tertiary/aromatic N) is 2. The number of carbonyl (C=O) groups is 1. The zero-order chi connectivity index (χ0) is 30.8. The quantitative estimate of drug-likeness (QED) is 0.289. The second kappa shape index (κ2) is 13.4. The summed E-state index contributed by atoms with van der Waals surface area (Å²) in [5.74, 6) is 0.623. The van der Waals surface area contributed by atoms with E-state index in [2.05, 4.69) is 11.3 Å². The van der Waals surface area contributed by atoms with Crippen LogP contribution >= 0.6 is 11.6 Å². The highest BCUT2D eigenvalue weighted by Gasteiger charge is 2.43. The molecule has 3 unspecified atom stereocenters. The van der Waals surface area contributed by atoms with Gasteiger partial charge >= 0.3 is 6.09 Å². The molecule has 1 aromatic rings. The zero-order valence-electron chi connectivity index (χ0n) is 25.4. The zero-order valence-corrected chi connectivity index (χ0v) is 27.8. The van der Waals surface area contributed by atoms with E-state index in [1.807, 2.05) is 39.8 Å². The Morgan fingerprint density at radius 2 is 1.83 bits per heavy atom. The highest BCUT2D eigenvalue weighted by Crippen LogP contribution is 2.40. The fourth-order valence-electron chi connectivity index (χ4n) is 5.03. The van der Waals surface area contributed by atoms with Crippen LogP contribution in [0.4, 0.5) is 4.79 Å². The first-order valence-electron chi connectivity index (χ1n) is 14.1. The van der Waals surface area contributed by atoms with Crippen molar-refractivity contribution in [3.05, 3.63) is 40.9 Å². The van der Waals surface area contributed by atoms with Crippen molar-refractivity contribution in [3.63, 3.8) is 0 Å². The van der Waals surface area contributed by atoms with Crippen LogP contribution in [0.1, 0.15) is 78.0 Å². The Morgan fingerprint density at radius 1 is 1.20 bits per heavy atom. The third kappa shape index (κ3) is 8.76. The van der Waals surface area contributed by atoms with Crippen LogP contribution < -0.4 is 9.46 Å². The molecule has 0 aromatic heterocycles. The maximum absolute atomic E-state index is 13.6. The Balaban J connectivity index is 1.79. The van der Waals surface area contributed by atoms with Gasteiger partial charge in [0.05, 0.1) is 11.3 Å². The highest BCUT2D eigenvalue weighted by molar-refractivity contribution is 7.90. The third-order valence-electron chi connectivity index (χ3n) is 7.32. The lowest BCUT2D eigenvalue weighted by Gasteiger charge is -2.38. The molecular formula is C29H46ClN3O6S2. The monoisotopic (exact) mass is 631 g/mol. The van der Waals surface area contributed by atoms with Crippen LogP contribution in [0.2, 0.25) is 5.02 Å². The van der Waals surface area contributed by atoms with Gasteiger partial charge in [0.15, 0.2) is 0 Å². The smallest absolute Gasteiger partial charge is 0.410 e. The van der Waals surface area contributed by atoms with Crippen molar-refractivity contribution >= 4 is 39.1 Å². The minimum atomic E-state index is -3.62. The molecule has 3 rings (SSSR count). The van der Waals surface area contributed by atoms with Crippen molar-refractivity contribution in [3.8, 4) is 5.75 Å². The molecule has 3 atom stereocenters. The van der Waals surface area contributed by atoms with Gasteiger partial charge in [-0.25, -0.2) is 17.5 Å². The van der Waals surface area contributed by atoms with E-state index in [1.165, 1.54) is 4.90 Å². The lowest BCUT2D eigenvalue weighted by Crippen LogP contribution is -2.48. The summed E-state index contributed by atoms with van der Waals surface area (Å²) in [4.78, 5) is 14.0. The topological polar surface area (TPSA) is 111 Å². The van der Waals surface area contributed by atoms with Gasteiger partial charge in [-0.2, -0.15) is 0 Å². The molecular weight excluding hydrogens is 586 g/mol. The standard InChI is InChI=1S/C29H46ClN3O6S2/c1-9-16-38-25-17-20(2)24(30)18-23(25)26(31-40(35)29(6,7)8)21-10-14-33(15-11-21)41(36,37)22-12-13-32(19-22)27(34)39-28(3,4)5/h9,17-18,21-22,26,31H,1,10-16,19H2,2-8H3. The van der Waals surface area contributed by atoms with E-state index in [4.69, 9.17) is 21.1 Å². The summed E-state index contributed by atoms with van der Waals surface area (Å²) in [5.41, 5.74) is 1.02. The molecule has 2 fully saturated rings. The molecule has 0 aliphatic carbocycles. The van der Waals surface area contributed by atoms with Crippen LogP contribution in [0.3, 0.4) is 0 Å². The molecule has 0 bridgehead atoms. The molecule has 2 heterocycles. The number of hydrogen-bond donors (Lipinski definition) is 1. The van der Waals surface area contributed by atoms with Crippen molar-refractivity contribution in [2.75, 3.05) is 32.8 Å². The van der Waals surface area contributed by atoms with Crippen LogP contribution in [0.15, 0.2) is 24.8 Å². The van der Waals surface area contributed by atoms with Crippen LogP contribution in [0, 0.1) is 12.8 Å². The van der Waals surface area contributed by atoms with Gasteiger partial charge < -0.3 is 18.9 Å². The van der Waals surface area contributed by atoms with E-state index in [9.17, 15) is 17.8 Å². The van der Waals surface area contributed by atoms with Crippen molar-refractivity contribution in [1.82, 2.24) is 13.9 Å². The predicted molar refractivity (Wildman–Crippen MR) is 165 cm³/mol. The Labute approximate surface area is 254 Å². The van der Waals surface area contributed by atoms with Crippen LogP contribution in [0.5, 0.6) is 5.75 Å². The summed E-state index contributed by atoms with van der Waals surface area (Å²) < 4.78 is 56.3. The Morgan fingerprint density at radius 3 is 2.39 bits per heavy atom. The van der Waals surface area contributed by atoms with Gasteiger partial charge in [-0.15, -0.1) is 4.72 Å². The first kappa shape index (κ1) is 34.0. The first-order chi connectivity index (χ1) is 18.9. The molecule has 232 valence electrons. The SMILES string of the molecule is C=CCOc1cc(C)c(Cl)cc1C(N[S+]([O-])C(C)(C)C)C1CCN(S(=O)(=O)C2CCN(C(=O)OC(C)(C)C)C2)CC1. The fraction of sp³-hybridized carbons (Fsp3) is 0.690. The molecule has 1 amide bonds. The first-order valence-corrected chi connectivity index (χ1v) is 17.2. The molecule has 0 saturated carbocycles. The van der Waals surface area contributed by atoms with E-state index < -0.39 is 43.1 Å². The summed E-state index contributed by atoms with van der Waals surface area (Å²) in [5, 5.41) is -0.0845. The van der Waals surface area contributed by atoms with Crippen LogP contribution in [-0.2, 0) is 26.1 Å². The number of halogens is 1. The number of amides is 1. The fourth-order valence-corrected chi connectivity index (χ4v) is 8.02. The Hall–Kier alpha value is -1.50. The second-order valence-electron chi connectivity index (χ2n) is 12.8. The lowest BCUT2D eigenvalue weighted by atomic mass is 9.86. The minimum absolute atomic E-state index is 0.0144. The number of hydrogen-bond acceptors (Lipinski definition) is 7. The van der Waals surface area contributed by atoms with E-state index >= 15 is 0 Å². The van der Waals surface area contributed by atoms with E-state index in [1.54, 1.807) is 31.2 Å². The predicted octanol–water partition coefficient (Wildman–Crippen LogP) is 5.36. The average molecular weight is 632 g/mol.